The molecule has 0 spiro atoms. The normalized spacial score (nSPS) is 10.7. The molecule has 0 aliphatic rings. The van der Waals surface area contributed by atoms with Crippen LogP contribution in [0.4, 0.5) is 5.69 Å². The summed E-state index contributed by atoms with van der Waals surface area (Å²) in [5.74, 6) is 0.720. The molecule has 0 bridgehead atoms. The summed E-state index contributed by atoms with van der Waals surface area (Å²) in [6.07, 6.45) is 0.836. The number of ether oxygens (including phenoxy) is 1. The Morgan fingerprint density at radius 2 is 1.76 bits per heavy atom. The minimum atomic E-state index is -0.138. The number of carbonyl (C=O) groups excluding carboxylic acids is 1. The highest BCUT2D eigenvalue weighted by Gasteiger charge is 2.12. The molecule has 134 valence electrons. The molecule has 25 heavy (non-hydrogen) atoms. The van der Waals surface area contributed by atoms with Gasteiger partial charge in [-0.05, 0) is 37.2 Å². The number of halogens is 2. The van der Waals surface area contributed by atoms with Gasteiger partial charge in [0, 0.05) is 6.54 Å². The van der Waals surface area contributed by atoms with Crippen LogP contribution < -0.4 is 10.1 Å². The van der Waals surface area contributed by atoms with Crippen molar-refractivity contribution in [2.75, 3.05) is 31.6 Å². The Hall–Kier alpha value is -1.75. The molecule has 0 saturated heterocycles. The molecule has 0 aromatic heterocycles. The average molecular weight is 381 g/mol. The van der Waals surface area contributed by atoms with Crippen LogP contribution in [0.2, 0.25) is 10.0 Å². The Labute approximate surface area is 158 Å². The highest BCUT2D eigenvalue weighted by atomic mass is 35.5. The number of hydrogen-bond acceptors (Lipinski definition) is 3. The van der Waals surface area contributed by atoms with Crippen LogP contribution in [0.25, 0.3) is 0 Å². The van der Waals surface area contributed by atoms with E-state index in [2.05, 4.69) is 10.2 Å². The number of para-hydroxylation sites is 2. The Kier molecular flexibility index (Phi) is 8.06. The van der Waals surface area contributed by atoms with Crippen molar-refractivity contribution in [1.82, 2.24) is 4.90 Å². The summed E-state index contributed by atoms with van der Waals surface area (Å²) in [4.78, 5) is 14.3. The lowest BCUT2D eigenvalue weighted by Gasteiger charge is -2.20. The van der Waals surface area contributed by atoms with Gasteiger partial charge < -0.3 is 10.1 Å². The quantitative estimate of drug-likeness (QED) is 0.639. The van der Waals surface area contributed by atoms with Crippen LogP contribution in [0.3, 0.4) is 0 Å². The number of nitrogens with zero attached hydrogens (tertiary/aromatic N) is 1. The zero-order valence-corrected chi connectivity index (χ0v) is 15.7. The number of amides is 1. The molecule has 0 saturated carbocycles. The van der Waals surface area contributed by atoms with Crippen molar-refractivity contribution in [2.24, 2.45) is 0 Å². The summed E-state index contributed by atoms with van der Waals surface area (Å²) < 4.78 is 5.67. The van der Waals surface area contributed by atoms with Crippen molar-refractivity contribution in [2.45, 2.75) is 13.3 Å². The zero-order valence-electron chi connectivity index (χ0n) is 14.2. The van der Waals surface area contributed by atoms with Crippen LogP contribution in [-0.2, 0) is 4.79 Å². The van der Waals surface area contributed by atoms with E-state index in [4.69, 9.17) is 27.9 Å². The second-order valence-corrected chi connectivity index (χ2v) is 6.34. The highest BCUT2D eigenvalue weighted by Crippen LogP contribution is 2.29. The molecule has 2 aromatic carbocycles. The fraction of sp³-hybridized carbons (Fsp3) is 0.316. The van der Waals surface area contributed by atoms with Crippen LogP contribution in [0.1, 0.15) is 13.3 Å². The Morgan fingerprint density at radius 1 is 1.08 bits per heavy atom. The smallest absolute Gasteiger partial charge is 0.238 e. The molecule has 2 aromatic rings. The van der Waals surface area contributed by atoms with Crippen molar-refractivity contribution in [3.63, 3.8) is 0 Å². The van der Waals surface area contributed by atoms with Gasteiger partial charge in [0.1, 0.15) is 5.75 Å². The number of anilines is 1. The first-order valence-electron chi connectivity index (χ1n) is 8.24. The van der Waals surface area contributed by atoms with Crippen LogP contribution in [0, 0.1) is 0 Å². The zero-order chi connectivity index (χ0) is 18.1. The van der Waals surface area contributed by atoms with Crippen molar-refractivity contribution in [1.29, 1.82) is 0 Å². The Bertz CT molecular complexity index is 660. The van der Waals surface area contributed by atoms with Crippen LogP contribution in [0.15, 0.2) is 48.5 Å². The second-order valence-electron chi connectivity index (χ2n) is 5.53. The summed E-state index contributed by atoms with van der Waals surface area (Å²) in [6.45, 7) is 4.46. The molecular formula is C19H22Cl2N2O2. The lowest BCUT2D eigenvalue weighted by molar-refractivity contribution is -0.117. The Balaban J connectivity index is 1.76. The van der Waals surface area contributed by atoms with Crippen molar-refractivity contribution in [3.05, 3.63) is 58.6 Å². The van der Waals surface area contributed by atoms with Gasteiger partial charge in [-0.3, -0.25) is 9.69 Å². The lowest BCUT2D eigenvalue weighted by atomic mass is 10.3. The van der Waals surface area contributed by atoms with Crippen LogP contribution >= 0.6 is 23.2 Å². The molecular weight excluding hydrogens is 359 g/mol. The molecule has 0 radical (unpaired) electrons. The van der Waals surface area contributed by atoms with Gasteiger partial charge in [-0.25, -0.2) is 0 Å². The maximum absolute atomic E-state index is 12.2. The van der Waals surface area contributed by atoms with Crippen molar-refractivity contribution in [3.8, 4) is 5.75 Å². The van der Waals surface area contributed by atoms with Gasteiger partial charge in [0.05, 0.1) is 28.9 Å². The van der Waals surface area contributed by atoms with E-state index in [0.29, 0.717) is 22.3 Å². The maximum atomic E-state index is 12.2. The van der Waals surface area contributed by atoms with Gasteiger partial charge in [-0.1, -0.05) is 54.4 Å². The molecule has 0 heterocycles. The maximum Gasteiger partial charge on any atom is 0.238 e. The molecule has 6 heteroatoms. The van der Waals surface area contributed by atoms with E-state index >= 15 is 0 Å². The third kappa shape index (κ3) is 6.58. The number of rotatable bonds is 9. The molecule has 0 aliphatic carbocycles. The second kappa shape index (κ2) is 10.3. The van der Waals surface area contributed by atoms with Crippen LogP contribution in [0.5, 0.6) is 5.75 Å². The van der Waals surface area contributed by atoms with Crippen LogP contribution in [-0.4, -0.2) is 37.0 Å². The average Bonchev–Trinajstić information content (AvgIpc) is 2.62. The van der Waals surface area contributed by atoms with E-state index in [1.807, 2.05) is 37.3 Å². The number of hydrogen-bond donors (Lipinski definition) is 1. The summed E-state index contributed by atoms with van der Waals surface area (Å²) >= 11 is 12.2. The van der Waals surface area contributed by atoms with E-state index < -0.39 is 0 Å². The minimum Gasteiger partial charge on any atom is -0.494 e. The molecule has 4 nitrogen and oxygen atoms in total. The first-order chi connectivity index (χ1) is 12.1. The number of benzene rings is 2. The van der Waals surface area contributed by atoms with E-state index in [-0.39, 0.29) is 12.5 Å². The minimum absolute atomic E-state index is 0.138. The number of nitrogens with one attached hydrogen (secondary N) is 1. The SMILES string of the molecule is CCN(CCCOc1ccccc1)CC(=O)Nc1c(Cl)cccc1Cl. The Morgan fingerprint density at radius 3 is 2.40 bits per heavy atom. The molecule has 0 aliphatic heterocycles. The molecule has 2 rings (SSSR count). The number of likely N-dealkylation sites (N-methyl/N-ethyl adjacent to an activating group) is 1. The van der Waals surface area contributed by atoms with E-state index in [0.717, 1.165) is 25.3 Å². The number of carbonyl (C=O) groups is 1. The first-order valence-corrected chi connectivity index (χ1v) is 8.99. The molecule has 0 fully saturated rings. The lowest BCUT2D eigenvalue weighted by Crippen LogP contribution is -2.34. The summed E-state index contributed by atoms with van der Waals surface area (Å²) in [5, 5.41) is 3.65. The van der Waals surface area contributed by atoms with Gasteiger partial charge in [0.15, 0.2) is 0 Å². The fourth-order valence-electron chi connectivity index (χ4n) is 2.34. The van der Waals surface area contributed by atoms with Gasteiger partial charge in [0.2, 0.25) is 5.91 Å². The van der Waals surface area contributed by atoms with Crippen molar-refractivity contribution >= 4 is 34.8 Å². The molecule has 1 N–H and O–H groups in total. The van der Waals surface area contributed by atoms with Gasteiger partial charge >= 0.3 is 0 Å². The topological polar surface area (TPSA) is 41.6 Å². The molecule has 1 amide bonds. The van der Waals surface area contributed by atoms with Gasteiger partial charge in [-0.15, -0.1) is 0 Å². The molecule has 0 atom stereocenters. The fourth-order valence-corrected chi connectivity index (χ4v) is 2.84. The first kappa shape index (κ1) is 19.6. The van der Waals surface area contributed by atoms with Gasteiger partial charge in [-0.2, -0.15) is 0 Å². The highest BCUT2D eigenvalue weighted by molar-refractivity contribution is 6.39. The third-order valence-electron chi connectivity index (χ3n) is 3.67. The molecule has 0 unspecified atom stereocenters. The summed E-state index contributed by atoms with van der Waals surface area (Å²) in [7, 11) is 0. The van der Waals surface area contributed by atoms with Crippen molar-refractivity contribution < 1.29 is 9.53 Å². The summed E-state index contributed by atoms with van der Waals surface area (Å²) in [5.41, 5.74) is 0.458. The summed E-state index contributed by atoms with van der Waals surface area (Å²) in [6, 6.07) is 14.8. The monoisotopic (exact) mass is 380 g/mol. The van der Waals surface area contributed by atoms with E-state index in [1.54, 1.807) is 18.2 Å². The largest absolute Gasteiger partial charge is 0.494 e. The standard InChI is InChI=1S/C19H22Cl2N2O2/c1-2-23(12-7-13-25-15-8-4-3-5-9-15)14-18(24)22-19-16(20)10-6-11-17(19)21/h3-6,8-11H,2,7,12-14H2,1H3,(H,22,24). The van der Waals surface area contributed by atoms with E-state index in [9.17, 15) is 4.79 Å². The van der Waals surface area contributed by atoms with E-state index in [1.165, 1.54) is 0 Å². The third-order valence-corrected chi connectivity index (χ3v) is 4.30. The predicted octanol–water partition coefficient (Wildman–Crippen LogP) is 4.72. The van der Waals surface area contributed by atoms with Gasteiger partial charge in [0.25, 0.3) is 0 Å². The predicted molar refractivity (Wildman–Crippen MR) is 104 cm³/mol.